The molecule has 0 bridgehead atoms. The molecule has 2 N–H and O–H groups in total. The van der Waals surface area contributed by atoms with Crippen molar-refractivity contribution in [3.8, 4) is 0 Å². The molecule has 0 spiro atoms. The fourth-order valence-electron chi connectivity index (χ4n) is 2.85. The summed E-state index contributed by atoms with van der Waals surface area (Å²) in [7, 11) is 0. The Hall–Kier alpha value is -1.49. The van der Waals surface area contributed by atoms with E-state index < -0.39 is 0 Å². The minimum Gasteiger partial charge on any atom is -0.348 e. The molecule has 1 heterocycles. The number of hydrogen-bond donors (Lipinski definition) is 2. The number of rotatable bonds is 4. The van der Waals surface area contributed by atoms with E-state index in [1.807, 2.05) is 42.5 Å². The number of carbonyl (C=O) groups excluding carboxylic acids is 1. The van der Waals surface area contributed by atoms with Crippen LogP contribution in [0.1, 0.15) is 30.1 Å². The third-order valence-corrected chi connectivity index (χ3v) is 5.26. The van der Waals surface area contributed by atoms with Crippen molar-refractivity contribution in [2.24, 2.45) is 0 Å². The normalized spacial score (nSPS) is 20.0. The Morgan fingerprint density at radius 1 is 1.12 bits per heavy atom. The summed E-state index contributed by atoms with van der Waals surface area (Å²) >= 11 is 1.63. The monoisotopic (exact) mass is 362 g/mol. The second-order valence-electron chi connectivity index (χ2n) is 5.88. The number of amides is 1. The Bertz CT molecular complexity index is 665. The van der Waals surface area contributed by atoms with Crippen LogP contribution in [0.25, 0.3) is 0 Å². The molecule has 5 heteroatoms. The summed E-state index contributed by atoms with van der Waals surface area (Å²) in [5.41, 5.74) is 0.749. The smallest absolute Gasteiger partial charge is 0.252 e. The van der Waals surface area contributed by atoms with Crippen molar-refractivity contribution < 1.29 is 4.79 Å². The minimum absolute atomic E-state index is 0. The molecule has 1 fully saturated rings. The Morgan fingerprint density at radius 3 is 2.58 bits per heavy atom. The van der Waals surface area contributed by atoms with Gasteiger partial charge in [0.15, 0.2) is 0 Å². The van der Waals surface area contributed by atoms with E-state index in [1.54, 1.807) is 11.8 Å². The number of halogens is 1. The molecule has 3 nitrogen and oxygen atoms in total. The lowest BCUT2D eigenvalue weighted by Crippen LogP contribution is -2.51. The molecule has 2 aromatic rings. The van der Waals surface area contributed by atoms with E-state index in [2.05, 4.69) is 29.7 Å². The van der Waals surface area contributed by atoms with Crippen LogP contribution in [0.3, 0.4) is 0 Å². The topological polar surface area (TPSA) is 41.1 Å². The second kappa shape index (κ2) is 9.11. The maximum Gasteiger partial charge on any atom is 0.252 e. The van der Waals surface area contributed by atoms with E-state index in [4.69, 9.17) is 0 Å². The zero-order valence-corrected chi connectivity index (χ0v) is 15.3. The molecule has 0 radical (unpaired) electrons. The van der Waals surface area contributed by atoms with Crippen molar-refractivity contribution in [2.45, 2.75) is 41.6 Å². The highest BCUT2D eigenvalue weighted by Crippen LogP contribution is 2.30. The second-order valence-corrected chi connectivity index (χ2v) is 6.99. The molecule has 2 unspecified atom stereocenters. The van der Waals surface area contributed by atoms with Gasteiger partial charge in [-0.05, 0) is 50.6 Å². The molecule has 3 rings (SSSR count). The van der Waals surface area contributed by atoms with Gasteiger partial charge in [-0.1, -0.05) is 42.1 Å². The first-order chi connectivity index (χ1) is 11.2. The van der Waals surface area contributed by atoms with Gasteiger partial charge >= 0.3 is 0 Å². The number of benzene rings is 2. The van der Waals surface area contributed by atoms with Crippen molar-refractivity contribution in [1.29, 1.82) is 0 Å². The van der Waals surface area contributed by atoms with E-state index in [0.717, 1.165) is 34.7 Å². The summed E-state index contributed by atoms with van der Waals surface area (Å²) in [5.74, 6) is 0.0181. The average Bonchev–Trinajstić information content (AvgIpc) is 2.58. The molecular weight excluding hydrogens is 340 g/mol. The van der Waals surface area contributed by atoms with Gasteiger partial charge < -0.3 is 10.6 Å². The summed E-state index contributed by atoms with van der Waals surface area (Å²) in [6, 6.07) is 18.5. The molecule has 1 saturated heterocycles. The van der Waals surface area contributed by atoms with Gasteiger partial charge in [0.1, 0.15) is 0 Å². The van der Waals surface area contributed by atoms with E-state index >= 15 is 0 Å². The SMILES string of the molecule is CC1NCCCC1NC(=O)c1ccccc1Sc1ccccc1.Cl. The van der Waals surface area contributed by atoms with E-state index in [0.29, 0.717) is 6.04 Å². The van der Waals surface area contributed by atoms with Crippen molar-refractivity contribution in [1.82, 2.24) is 10.6 Å². The van der Waals surface area contributed by atoms with Crippen LogP contribution in [0.15, 0.2) is 64.4 Å². The fraction of sp³-hybridized carbons (Fsp3) is 0.316. The van der Waals surface area contributed by atoms with Crippen LogP contribution in [-0.2, 0) is 0 Å². The Labute approximate surface area is 154 Å². The molecule has 24 heavy (non-hydrogen) atoms. The molecule has 2 aromatic carbocycles. The van der Waals surface area contributed by atoms with Crippen LogP contribution in [0.5, 0.6) is 0 Å². The lowest BCUT2D eigenvalue weighted by Gasteiger charge is -2.30. The molecule has 1 aliphatic rings. The average molecular weight is 363 g/mol. The van der Waals surface area contributed by atoms with Crippen molar-refractivity contribution in [2.75, 3.05) is 6.54 Å². The Morgan fingerprint density at radius 2 is 1.83 bits per heavy atom. The maximum atomic E-state index is 12.7. The van der Waals surface area contributed by atoms with Gasteiger partial charge in [0.05, 0.1) is 5.56 Å². The van der Waals surface area contributed by atoms with E-state index in [-0.39, 0.29) is 24.4 Å². The summed E-state index contributed by atoms with van der Waals surface area (Å²) in [6.07, 6.45) is 2.14. The van der Waals surface area contributed by atoms with E-state index in [1.165, 1.54) is 0 Å². The standard InChI is InChI=1S/C19H22N2OS.ClH/c1-14-17(11-7-13-20-14)21-19(22)16-10-5-6-12-18(16)23-15-8-3-2-4-9-15;/h2-6,8-10,12,14,17,20H,7,11,13H2,1H3,(H,21,22);1H. The van der Waals surface area contributed by atoms with Gasteiger partial charge in [0.2, 0.25) is 0 Å². The highest BCUT2D eigenvalue weighted by atomic mass is 35.5. The molecule has 2 atom stereocenters. The molecule has 0 saturated carbocycles. The predicted octanol–water partition coefficient (Wildman–Crippen LogP) is 4.13. The fourth-order valence-corrected chi connectivity index (χ4v) is 3.81. The van der Waals surface area contributed by atoms with Gasteiger partial charge in [-0.2, -0.15) is 0 Å². The van der Waals surface area contributed by atoms with Gasteiger partial charge in [0, 0.05) is 21.9 Å². The van der Waals surface area contributed by atoms with Gasteiger partial charge in [-0.25, -0.2) is 0 Å². The third-order valence-electron chi connectivity index (χ3n) is 4.18. The zero-order valence-electron chi connectivity index (χ0n) is 13.7. The molecule has 1 aliphatic heterocycles. The van der Waals surface area contributed by atoms with Crippen molar-refractivity contribution in [3.63, 3.8) is 0 Å². The molecule has 0 aliphatic carbocycles. The number of piperidine rings is 1. The third kappa shape index (κ3) is 4.76. The Kier molecular flexibility index (Phi) is 7.16. The Balaban J connectivity index is 0.00000208. The lowest BCUT2D eigenvalue weighted by atomic mass is 9.99. The molecule has 1 amide bonds. The van der Waals surface area contributed by atoms with Crippen LogP contribution in [-0.4, -0.2) is 24.5 Å². The minimum atomic E-state index is 0. The first-order valence-electron chi connectivity index (χ1n) is 8.10. The van der Waals surface area contributed by atoms with Gasteiger partial charge in [-0.15, -0.1) is 12.4 Å². The van der Waals surface area contributed by atoms with Crippen LogP contribution < -0.4 is 10.6 Å². The maximum absolute atomic E-state index is 12.7. The lowest BCUT2D eigenvalue weighted by molar-refractivity contribution is 0.0917. The number of nitrogens with one attached hydrogen (secondary N) is 2. The summed E-state index contributed by atoms with van der Waals surface area (Å²) in [5, 5.41) is 6.62. The summed E-state index contributed by atoms with van der Waals surface area (Å²) in [6.45, 7) is 3.17. The van der Waals surface area contributed by atoms with Crippen LogP contribution in [0, 0.1) is 0 Å². The van der Waals surface area contributed by atoms with Gasteiger partial charge in [0.25, 0.3) is 5.91 Å². The van der Waals surface area contributed by atoms with Crippen molar-refractivity contribution >= 4 is 30.1 Å². The van der Waals surface area contributed by atoms with Crippen LogP contribution >= 0.6 is 24.2 Å². The predicted molar refractivity (Wildman–Crippen MR) is 102 cm³/mol. The molecule has 128 valence electrons. The van der Waals surface area contributed by atoms with Crippen LogP contribution in [0.2, 0.25) is 0 Å². The molecule has 0 aromatic heterocycles. The highest BCUT2D eigenvalue weighted by Gasteiger charge is 2.23. The molecular formula is C19H23ClN2OS. The quantitative estimate of drug-likeness (QED) is 0.859. The number of carbonyl (C=O) groups is 1. The first-order valence-corrected chi connectivity index (χ1v) is 8.92. The number of hydrogen-bond acceptors (Lipinski definition) is 3. The summed E-state index contributed by atoms with van der Waals surface area (Å²) < 4.78 is 0. The zero-order chi connectivity index (χ0) is 16.1. The summed E-state index contributed by atoms with van der Waals surface area (Å²) in [4.78, 5) is 14.8. The van der Waals surface area contributed by atoms with Gasteiger partial charge in [-0.3, -0.25) is 4.79 Å². The van der Waals surface area contributed by atoms with Crippen molar-refractivity contribution in [3.05, 3.63) is 60.2 Å². The highest BCUT2D eigenvalue weighted by molar-refractivity contribution is 7.99. The van der Waals surface area contributed by atoms with E-state index in [9.17, 15) is 4.79 Å². The largest absolute Gasteiger partial charge is 0.348 e. The first kappa shape index (κ1) is 18.8. The van der Waals surface area contributed by atoms with Crippen LogP contribution in [0.4, 0.5) is 0 Å².